The number of rotatable bonds is 2. The van der Waals surface area contributed by atoms with Crippen LogP contribution in [0.3, 0.4) is 0 Å². The molecule has 0 bridgehead atoms. The van der Waals surface area contributed by atoms with E-state index in [9.17, 15) is 4.39 Å². The third-order valence-corrected chi connectivity index (χ3v) is 2.42. The molecule has 1 heterocycles. The minimum atomic E-state index is -0.311. The zero-order valence-corrected chi connectivity index (χ0v) is 9.04. The number of H-pyrrole nitrogens is 1. The van der Waals surface area contributed by atoms with Crippen LogP contribution in [-0.2, 0) is 0 Å². The van der Waals surface area contributed by atoms with E-state index in [2.05, 4.69) is 10.2 Å². The number of aromatic amines is 1. The van der Waals surface area contributed by atoms with E-state index in [1.54, 1.807) is 19.1 Å². The number of ether oxygens (including phenoxy) is 1. The van der Waals surface area contributed by atoms with E-state index in [0.29, 0.717) is 28.3 Å². The van der Waals surface area contributed by atoms with Crippen molar-refractivity contribution >= 4 is 5.82 Å². The largest absolute Gasteiger partial charge is 0.497 e. The molecule has 0 amide bonds. The minimum Gasteiger partial charge on any atom is -0.497 e. The van der Waals surface area contributed by atoms with Crippen molar-refractivity contribution in [1.82, 2.24) is 10.2 Å². The molecule has 0 spiro atoms. The van der Waals surface area contributed by atoms with Gasteiger partial charge in [0.1, 0.15) is 17.4 Å². The fourth-order valence-electron chi connectivity index (χ4n) is 1.56. The van der Waals surface area contributed by atoms with E-state index in [4.69, 9.17) is 10.5 Å². The van der Waals surface area contributed by atoms with Gasteiger partial charge in [-0.05, 0) is 24.6 Å². The number of nitrogens with two attached hydrogens (primary N) is 1. The van der Waals surface area contributed by atoms with Crippen molar-refractivity contribution in [3.63, 3.8) is 0 Å². The molecule has 4 nitrogen and oxygen atoms in total. The Kier molecular flexibility index (Phi) is 2.52. The van der Waals surface area contributed by atoms with Crippen LogP contribution >= 0.6 is 0 Å². The number of nitrogens with zero attached hydrogens (tertiary/aromatic N) is 1. The van der Waals surface area contributed by atoms with E-state index in [1.165, 1.54) is 13.3 Å². The summed E-state index contributed by atoms with van der Waals surface area (Å²) in [5, 5.41) is 6.34. The van der Waals surface area contributed by atoms with E-state index < -0.39 is 0 Å². The average molecular weight is 221 g/mol. The highest BCUT2D eigenvalue weighted by molar-refractivity contribution is 5.75. The first kappa shape index (κ1) is 10.5. The Hall–Kier alpha value is -2.04. The molecule has 2 rings (SSSR count). The molecule has 1 aromatic heterocycles. The number of aromatic nitrogens is 2. The first-order valence-electron chi connectivity index (χ1n) is 4.77. The second-order valence-corrected chi connectivity index (χ2v) is 3.50. The first-order valence-corrected chi connectivity index (χ1v) is 4.77. The molecule has 1 aromatic carbocycles. The van der Waals surface area contributed by atoms with Crippen molar-refractivity contribution < 1.29 is 9.13 Å². The quantitative estimate of drug-likeness (QED) is 0.816. The van der Waals surface area contributed by atoms with Crippen LogP contribution in [0.2, 0.25) is 0 Å². The third-order valence-electron chi connectivity index (χ3n) is 2.42. The molecular weight excluding hydrogens is 209 g/mol. The molecule has 0 aliphatic heterocycles. The highest BCUT2D eigenvalue weighted by atomic mass is 19.1. The lowest BCUT2D eigenvalue weighted by atomic mass is 10.0. The molecule has 3 N–H and O–H groups in total. The van der Waals surface area contributed by atoms with Crippen LogP contribution in [0, 0.1) is 12.7 Å². The van der Waals surface area contributed by atoms with Crippen molar-refractivity contribution in [1.29, 1.82) is 0 Å². The van der Waals surface area contributed by atoms with Crippen LogP contribution in [-0.4, -0.2) is 17.3 Å². The van der Waals surface area contributed by atoms with Crippen LogP contribution < -0.4 is 10.5 Å². The Morgan fingerprint density at radius 2 is 2.12 bits per heavy atom. The van der Waals surface area contributed by atoms with Gasteiger partial charge in [0, 0.05) is 11.1 Å². The summed E-state index contributed by atoms with van der Waals surface area (Å²) < 4.78 is 19.0. The molecule has 16 heavy (non-hydrogen) atoms. The summed E-state index contributed by atoms with van der Waals surface area (Å²) in [5.74, 6) is 0.620. The summed E-state index contributed by atoms with van der Waals surface area (Å²) in [7, 11) is 1.54. The molecule has 0 saturated heterocycles. The minimum absolute atomic E-state index is 0.311. The van der Waals surface area contributed by atoms with Gasteiger partial charge in [0.2, 0.25) is 0 Å². The summed E-state index contributed by atoms with van der Waals surface area (Å²) in [6.07, 6.45) is 1.49. The van der Waals surface area contributed by atoms with Gasteiger partial charge in [0.25, 0.3) is 0 Å². The molecule has 0 aliphatic rings. The van der Waals surface area contributed by atoms with Gasteiger partial charge in [-0.2, -0.15) is 5.10 Å². The maximum Gasteiger partial charge on any atom is 0.134 e. The number of hydrogen-bond donors (Lipinski definition) is 2. The SMILES string of the molecule is COc1cc(C)c(F)c(-c2cn[nH]c2N)c1. The fourth-order valence-corrected chi connectivity index (χ4v) is 1.56. The van der Waals surface area contributed by atoms with Gasteiger partial charge >= 0.3 is 0 Å². The maximum absolute atomic E-state index is 13.9. The Bertz CT molecular complexity index is 522. The maximum atomic E-state index is 13.9. The highest BCUT2D eigenvalue weighted by Gasteiger charge is 2.13. The summed E-state index contributed by atoms with van der Waals surface area (Å²) >= 11 is 0. The molecule has 0 fully saturated rings. The number of nitrogen functional groups attached to an aromatic ring is 1. The molecule has 5 heteroatoms. The van der Waals surface area contributed by atoms with Gasteiger partial charge < -0.3 is 10.5 Å². The summed E-state index contributed by atoms with van der Waals surface area (Å²) in [4.78, 5) is 0. The second-order valence-electron chi connectivity index (χ2n) is 3.50. The Labute approximate surface area is 92.2 Å². The van der Waals surface area contributed by atoms with Gasteiger partial charge in [-0.25, -0.2) is 4.39 Å². The van der Waals surface area contributed by atoms with Crippen LogP contribution in [0.25, 0.3) is 11.1 Å². The van der Waals surface area contributed by atoms with E-state index in [-0.39, 0.29) is 5.82 Å². The molecule has 0 radical (unpaired) electrons. The number of methoxy groups -OCH3 is 1. The average Bonchev–Trinajstić information content (AvgIpc) is 2.68. The number of benzene rings is 1. The van der Waals surface area contributed by atoms with Gasteiger partial charge in [-0.3, -0.25) is 5.10 Å². The van der Waals surface area contributed by atoms with Gasteiger partial charge in [0.05, 0.1) is 13.3 Å². The van der Waals surface area contributed by atoms with E-state index in [1.807, 2.05) is 0 Å². The summed E-state index contributed by atoms with van der Waals surface area (Å²) in [6, 6.07) is 3.23. The lowest BCUT2D eigenvalue weighted by molar-refractivity contribution is 0.413. The van der Waals surface area contributed by atoms with Crippen LogP contribution in [0.4, 0.5) is 10.2 Å². The summed E-state index contributed by atoms with van der Waals surface area (Å²) in [5.41, 5.74) is 7.10. The third kappa shape index (κ3) is 1.60. The van der Waals surface area contributed by atoms with Crippen molar-refractivity contribution in [3.8, 4) is 16.9 Å². The molecule has 0 aliphatic carbocycles. The standard InChI is InChI=1S/C11H12FN3O/c1-6-3-7(16-2)4-8(10(6)12)9-5-14-15-11(9)13/h3-5H,1-2H3,(H3,13,14,15). The monoisotopic (exact) mass is 221 g/mol. The van der Waals surface area contributed by atoms with Crippen molar-refractivity contribution in [2.24, 2.45) is 0 Å². The number of hydrogen-bond acceptors (Lipinski definition) is 3. The Morgan fingerprint density at radius 1 is 1.38 bits per heavy atom. The van der Waals surface area contributed by atoms with Crippen LogP contribution in [0.15, 0.2) is 18.3 Å². The molecule has 0 saturated carbocycles. The Balaban J connectivity index is 2.64. The van der Waals surface area contributed by atoms with Crippen molar-refractivity contribution in [3.05, 3.63) is 29.7 Å². The second kappa shape index (κ2) is 3.84. The number of aryl methyl sites for hydroxylation is 1. The van der Waals surface area contributed by atoms with Gasteiger partial charge in [0.15, 0.2) is 0 Å². The van der Waals surface area contributed by atoms with Gasteiger partial charge in [-0.1, -0.05) is 0 Å². The van der Waals surface area contributed by atoms with Gasteiger partial charge in [-0.15, -0.1) is 0 Å². The predicted molar refractivity (Wildman–Crippen MR) is 59.7 cm³/mol. The van der Waals surface area contributed by atoms with E-state index >= 15 is 0 Å². The molecule has 2 aromatic rings. The molecule has 0 atom stereocenters. The lowest BCUT2D eigenvalue weighted by Crippen LogP contribution is -1.94. The van der Waals surface area contributed by atoms with Crippen LogP contribution in [0.5, 0.6) is 5.75 Å². The number of nitrogens with one attached hydrogen (secondary N) is 1. The number of anilines is 1. The van der Waals surface area contributed by atoms with Crippen molar-refractivity contribution in [2.45, 2.75) is 6.92 Å². The highest BCUT2D eigenvalue weighted by Crippen LogP contribution is 2.31. The van der Waals surface area contributed by atoms with Crippen LogP contribution in [0.1, 0.15) is 5.56 Å². The lowest BCUT2D eigenvalue weighted by Gasteiger charge is -2.08. The number of halogens is 1. The fraction of sp³-hybridized carbons (Fsp3) is 0.182. The zero-order valence-electron chi connectivity index (χ0n) is 9.04. The summed E-state index contributed by atoms with van der Waals surface area (Å²) in [6.45, 7) is 1.68. The normalized spacial score (nSPS) is 10.4. The topological polar surface area (TPSA) is 63.9 Å². The smallest absolute Gasteiger partial charge is 0.134 e. The molecule has 0 unspecified atom stereocenters. The zero-order chi connectivity index (χ0) is 11.7. The van der Waals surface area contributed by atoms with E-state index in [0.717, 1.165) is 0 Å². The van der Waals surface area contributed by atoms with Crippen molar-refractivity contribution in [2.75, 3.05) is 12.8 Å². The molecule has 84 valence electrons. The first-order chi connectivity index (χ1) is 7.63. The Morgan fingerprint density at radius 3 is 2.69 bits per heavy atom. The molecular formula is C11H12FN3O. The predicted octanol–water partition coefficient (Wildman–Crippen LogP) is 2.12.